The molecule has 29 heavy (non-hydrogen) atoms. The molecular weight excluding hydrogens is 362 g/mol. The van der Waals surface area contributed by atoms with E-state index in [4.69, 9.17) is 0 Å². The number of nitrogens with one attached hydrogen (secondary N) is 1. The molecule has 3 aromatic rings. The molecule has 1 amide bonds. The third kappa shape index (κ3) is 4.71. The molecule has 6 heteroatoms. The van der Waals surface area contributed by atoms with Crippen LogP contribution in [0.25, 0.3) is 0 Å². The summed E-state index contributed by atoms with van der Waals surface area (Å²) < 4.78 is 0. The van der Waals surface area contributed by atoms with E-state index in [-0.39, 0.29) is 5.91 Å². The Morgan fingerprint density at radius 1 is 1.00 bits per heavy atom. The summed E-state index contributed by atoms with van der Waals surface area (Å²) in [6.07, 6.45) is 5.64. The molecule has 0 atom stereocenters. The van der Waals surface area contributed by atoms with Crippen LogP contribution >= 0.6 is 0 Å². The summed E-state index contributed by atoms with van der Waals surface area (Å²) in [6, 6.07) is 18.1. The topological polar surface area (TPSA) is 61.4 Å². The van der Waals surface area contributed by atoms with Crippen LogP contribution in [0.5, 0.6) is 0 Å². The van der Waals surface area contributed by atoms with Crippen molar-refractivity contribution in [3.63, 3.8) is 0 Å². The molecule has 0 aliphatic carbocycles. The minimum Gasteiger partial charge on any atom is -0.372 e. The van der Waals surface area contributed by atoms with Crippen LogP contribution in [-0.2, 0) is 6.54 Å². The summed E-state index contributed by atoms with van der Waals surface area (Å²) in [5.74, 6) is 0.462. The molecule has 1 N–H and O–H groups in total. The van der Waals surface area contributed by atoms with Gasteiger partial charge in [0.2, 0.25) is 0 Å². The van der Waals surface area contributed by atoms with Crippen LogP contribution in [-0.4, -0.2) is 36.0 Å². The van der Waals surface area contributed by atoms with Crippen LogP contribution < -0.4 is 15.1 Å². The second kappa shape index (κ2) is 8.73. The molecule has 0 unspecified atom stereocenters. The fourth-order valence-electron chi connectivity index (χ4n) is 3.50. The smallest absolute Gasteiger partial charge is 0.275 e. The SMILES string of the molecule is CN(Cc1ccccc1)c1cnc(C(=O)Nc2ccc(N3CCCC3)cc2)cn1. The third-order valence-corrected chi connectivity index (χ3v) is 5.12. The molecule has 1 aromatic heterocycles. The zero-order valence-electron chi connectivity index (χ0n) is 16.6. The molecule has 4 rings (SSSR count). The number of amides is 1. The molecule has 0 radical (unpaired) electrons. The van der Waals surface area contributed by atoms with Crippen LogP contribution in [0.15, 0.2) is 67.0 Å². The van der Waals surface area contributed by atoms with Crippen LogP contribution in [0.3, 0.4) is 0 Å². The summed E-state index contributed by atoms with van der Waals surface area (Å²) in [6.45, 7) is 2.93. The Kier molecular flexibility index (Phi) is 5.70. The van der Waals surface area contributed by atoms with E-state index in [9.17, 15) is 4.79 Å². The number of rotatable bonds is 6. The van der Waals surface area contributed by atoms with Crippen molar-refractivity contribution in [2.45, 2.75) is 19.4 Å². The van der Waals surface area contributed by atoms with Gasteiger partial charge in [0.15, 0.2) is 0 Å². The van der Waals surface area contributed by atoms with Gasteiger partial charge in [-0.15, -0.1) is 0 Å². The predicted molar refractivity (Wildman–Crippen MR) is 116 cm³/mol. The Hall–Kier alpha value is -3.41. The molecule has 148 valence electrons. The zero-order chi connectivity index (χ0) is 20.1. The van der Waals surface area contributed by atoms with E-state index < -0.39 is 0 Å². The first kappa shape index (κ1) is 18.9. The van der Waals surface area contributed by atoms with Gasteiger partial charge in [-0.3, -0.25) is 4.79 Å². The lowest BCUT2D eigenvalue weighted by atomic mass is 10.2. The minimum atomic E-state index is -0.260. The Labute approximate surface area is 171 Å². The zero-order valence-corrected chi connectivity index (χ0v) is 16.6. The lowest BCUT2D eigenvalue weighted by molar-refractivity contribution is 0.102. The second-order valence-electron chi connectivity index (χ2n) is 7.30. The number of aromatic nitrogens is 2. The van der Waals surface area contributed by atoms with Gasteiger partial charge < -0.3 is 15.1 Å². The van der Waals surface area contributed by atoms with E-state index >= 15 is 0 Å². The monoisotopic (exact) mass is 387 g/mol. The second-order valence-corrected chi connectivity index (χ2v) is 7.30. The summed E-state index contributed by atoms with van der Waals surface area (Å²) >= 11 is 0. The van der Waals surface area contributed by atoms with Crippen molar-refractivity contribution in [1.29, 1.82) is 0 Å². The number of carbonyl (C=O) groups is 1. The average molecular weight is 387 g/mol. The lowest BCUT2D eigenvalue weighted by Gasteiger charge is -2.18. The Morgan fingerprint density at radius 3 is 2.38 bits per heavy atom. The van der Waals surface area contributed by atoms with Crippen molar-refractivity contribution in [3.8, 4) is 0 Å². The van der Waals surface area contributed by atoms with Crippen molar-refractivity contribution in [2.75, 3.05) is 35.3 Å². The van der Waals surface area contributed by atoms with Crippen molar-refractivity contribution in [3.05, 3.63) is 78.2 Å². The first-order valence-corrected chi connectivity index (χ1v) is 9.92. The largest absolute Gasteiger partial charge is 0.372 e. The van der Waals surface area contributed by atoms with Gasteiger partial charge in [0.1, 0.15) is 11.5 Å². The minimum absolute atomic E-state index is 0.260. The van der Waals surface area contributed by atoms with E-state index in [0.29, 0.717) is 5.69 Å². The van der Waals surface area contributed by atoms with Crippen LogP contribution in [0.4, 0.5) is 17.2 Å². The van der Waals surface area contributed by atoms with Crippen molar-refractivity contribution < 1.29 is 4.79 Å². The van der Waals surface area contributed by atoms with E-state index in [1.165, 1.54) is 30.3 Å². The summed E-state index contributed by atoms with van der Waals surface area (Å²) in [4.78, 5) is 25.5. The van der Waals surface area contributed by atoms with Crippen LogP contribution in [0.1, 0.15) is 28.9 Å². The molecular formula is C23H25N5O. The molecule has 2 heterocycles. The number of carbonyl (C=O) groups excluding carboxylic acids is 1. The molecule has 1 fully saturated rings. The Balaban J connectivity index is 1.36. The van der Waals surface area contributed by atoms with Gasteiger partial charge in [-0.05, 0) is 42.7 Å². The van der Waals surface area contributed by atoms with Crippen molar-refractivity contribution >= 4 is 23.1 Å². The van der Waals surface area contributed by atoms with E-state index in [2.05, 4.69) is 32.3 Å². The first-order chi connectivity index (χ1) is 14.2. The molecule has 6 nitrogen and oxygen atoms in total. The summed E-state index contributed by atoms with van der Waals surface area (Å²) in [7, 11) is 1.96. The van der Waals surface area contributed by atoms with E-state index in [1.54, 1.807) is 6.20 Å². The number of hydrogen-bond acceptors (Lipinski definition) is 5. The highest BCUT2D eigenvalue weighted by Gasteiger charge is 2.13. The Bertz CT molecular complexity index is 935. The number of benzene rings is 2. The normalized spacial score (nSPS) is 13.3. The van der Waals surface area contributed by atoms with E-state index in [1.807, 2.05) is 54.4 Å². The summed E-state index contributed by atoms with van der Waals surface area (Å²) in [5, 5.41) is 2.89. The highest BCUT2D eigenvalue weighted by molar-refractivity contribution is 6.02. The van der Waals surface area contributed by atoms with Crippen molar-refractivity contribution in [1.82, 2.24) is 9.97 Å². The van der Waals surface area contributed by atoms with Gasteiger partial charge in [0.25, 0.3) is 5.91 Å². The predicted octanol–water partition coefficient (Wildman–Crippen LogP) is 3.97. The maximum Gasteiger partial charge on any atom is 0.275 e. The van der Waals surface area contributed by atoms with Gasteiger partial charge in [-0.25, -0.2) is 9.97 Å². The van der Waals surface area contributed by atoms with Crippen LogP contribution in [0, 0.1) is 0 Å². The maximum absolute atomic E-state index is 12.5. The molecule has 1 aliphatic heterocycles. The van der Waals surface area contributed by atoms with Crippen LogP contribution in [0.2, 0.25) is 0 Å². The van der Waals surface area contributed by atoms with E-state index in [0.717, 1.165) is 31.1 Å². The highest BCUT2D eigenvalue weighted by atomic mass is 16.1. The van der Waals surface area contributed by atoms with Gasteiger partial charge in [0.05, 0.1) is 12.4 Å². The standard InChI is InChI=1S/C23H25N5O/c1-27(17-18-7-3-2-4-8-18)22-16-24-21(15-25-22)23(29)26-19-9-11-20(12-10-19)28-13-5-6-14-28/h2-4,7-12,15-16H,5-6,13-14,17H2,1H3,(H,26,29). The fraction of sp³-hybridized carbons (Fsp3) is 0.261. The van der Waals surface area contributed by atoms with Gasteiger partial charge in [-0.2, -0.15) is 0 Å². The van der Waals surface area contributed by atoms with Gasteiger partial charge in [-0.1, -0.05) is 30.3 Å². The first-order valence-electron chi connectivity index (χ1n) is 9.92. The lowest BCUT2D eigenvalue weighted by Crippen LogP contribution is -2.20. The number of anilines is 3. The molecule has 0 bridgehead atoms. The third-order valence-electron chi connectivity index (χ3n) is 5.12. The molecule has 0 saturated carbocycles. The highest BCUT2D eigenvalue weighted by Crippen LogP contribution is 2.22. The Morgan fingerprint density at radius 2 is 1.72 bits per heavy atom. The van der Waals surface area contributed by atoms with Gasteiger partial charge in [0, 0.05) is 38.1 Å². The maximum atomic E-state index is 12.5. The average Bonchev–Trinajstić information content (AvgIpc) is 3.30. The molecule has 1 aliphatic rings. The quantitative estimate of drug-likeness (QED) is 0.694. The number of hydrogen-bond donors (Lipinski definition) is 1. The number of nitrogens with zero attached hydrogens (tertiary/aromatic N) is 4. The fourth-order valence-corrected chi connectivity index (χ4v) is 3.50. The molecule has 0 spiro atoms. The van der Waals surface area contributed by atoms with Crippen molar-refractivity contribution in [2.24, 2.45) is 0 Å². The molecule has 1 saturated heterocycles. The summed E-state index contributed by atoms with van der Waals surface area (Å²) in [5.41, 5.74) is 3.44. The van der Waals surface area contributed by atoms with Gasteiger partial charge >= 0.3 is 0 Å². The molecule has 2 aromatic carbocycles.